The number of aromatic nitrogens is 1. The topological polar surface area (TPSA) is 85.4 Å². The van der Waals surface area contributed by atoms with Crippen molar-refractivity contribution < 1.29 is 27.8 Å². The highest BCUT2D eigenvalue weighted by atomic mass is 19.4. The van der Waals surface area contributed by atoms with E-state index in [2.05, 4.69) is 10.3 Å². The third-order valence-electron chi connectivity index (χ3n) is 5.62. The van der Waals surface area contributed by atoms with Crippen molar-refractivity contribution in [3.63, 3.8) is 0 Å². The van der Waals surface area contributed by atoms with Gasteiger partial charge in [-0.25, -0.2) is 4.39 Å². The number of hydrogen-bond donors (Lipinski definition) is 4. The summed E-state index contributed by atoms with van der Waals surface area (Å²) in [5.74, 6) is -1.80. The molecule has 3 aromatic rings. The minimum Gasteiger partial charge on any atom is -0.505 e. The molecule has 0 radical (unpaired) electrons. The van der Waals surface area contributed by atoms with Crippen LogP contribution in [0.25, 0.3) is 16.5 Å². The first-order chi connectivity index (χ1) is 14.5. The fourth-order valence-corrected chi connectivity index (χ4v) is 4.03. The first-order valence-electron chi connectivity index (χ1n) is 9.41. The van der Waals surface area contributed by atoms with Crippen molar-refractivity contribution in [2.75, 3.05) is 5.32 Å². The molecule has 0 saturated carbocycles. The Hall–Kier alpha value is -3.33. The molecule has 31 heavy (non-hydrogen) atoms. The molecule has 9 heteroatoms. The molecule has 1 aliphatic carbocycles. The van der Waals surface area contributed by atoms with Crippen LogP contribution in [0.5, 0.6) is 5.75 Å². The second-order valence-electron chi connectivity index (χ2n) is 7.47. The van der Waals surface area contributed by atoms with Gasteiger partial charge in [-0.05, 0) is 54.0 Å². The number of rotatable bonds is 2. The van der Waals surface area contributed by atoms with Crippen molar-refractivity contribution in [2.24, 2.45) is 0 Å². The van der Waals surface area contributed by atoms with E-state index in [1.54, 1.807) is 6.07 Å². The summed E-state index contributed by atoms with van der Waals surface area (Å²) in [6.45, 7) is 1.51. The smallest absolute Gasteiger partial charge is 0.419 e. The van der Waals surface area contributed by atoms with E-state index in [1.165, 1.54) is 37.3 Å². The van der Waals surface area contributed by atoms with Crippen molar-refractivity contribution in [1.29, 1.82) is 0 Å². The summed E-state index contributed by atoms with van der Waals surface area (Å²) in [5.41, 5.74) is -2.84. The SMILES string of the molecule is C/C=C1\C[C@](O)(C(F)(F)F)[C@H](Nc2cccc3[nH]c(=O)ccc23)c2cc(F)c(O)cc21. The number of aliphatic hydroxyl groups is 1. The van der Waals surface area contributed by atoms with E-state index in [9.17, 15) is 32.6 Å². The molecule has 1 aliphatic rings. The normalized spacial score (nSPS) is 22.5. The quantitative estimate of drug-likeness (QED) is 0.443. The number of nitrogens with one attached hydrogen (secondary N) is 2. The van der Waals surface area contributed by atoms with Crippen LogP contribution in [0.1, 0.15) is 30.5 Å². The van der Waals surface area contributed by atoms with E-state index < -0.39 is 35.8 Å². The number of halogens is 4. The zero-order chi connectivity index (χ0) is 22.6. The maximum atomic E-state index is 14.2. The summed E-state index contributed by atoms with van der Waals surface area (Å²) < 4.78 is 56.6. The van der Waals surface area contributed by atoms with Crippen LogP contribution in [-0.4, -0.2) is 27.0 Å². The third kappa shape index (κ3) is 3.34. The predicted molar refractivity (Wildman–Crippen MR) is 108 cm³/mol. The molecule has 4 rings (SSSR count). The van der Waals surface area contributed by atoms with E-state index in [1.807, 2.05) is 0 Å². The zero-order valence-corrected chi connectivity index (χ0v) is 16.2. The molecule has 162 valence electrons. The number of anilines is 1. The lowest BCUT2D eigenvalue weighted by Gasteiger charge is -2.44. The van der Waals surface area contributed by atoms with Crippen LogP contribution in [0.3, 0.4) is 0 Å². The Morgan fingerprint density at radius 3 is 2.65 bits per heavy atom. The van der Waals surface area contributed by atoms with Crippen LogP contribution in [0, 0.1) is 5.82 Å². The van der Waals surface area contributed by atoms with Crippen LogP contribution in [0.4, 0.5) is 23.2 Å². The number of phenols is 1. The molecule has 0 fully saturated rings. The first kappa shape index (κ1) is 20.9. The zero-order valence-electron chi connectivity index (χ0n) is 16.2. The van der Waals surface area contributed by atoms with Crippen LogP contribution < -0.4 is 10.9 Å². The second kappa shape index (κ2) is 7.12. The fourth-order valence-electron chi connectivity index (χ4n) is 4.03. The molecule has 0 bridgehead atoms. The van der Waals surface area contributed by atoms with Crippen molar-refractivity contribution in [3.05, 3.63) is 75.8 Å². The van der Waals surface area contributed by atoms with Gasteiger partial charge in [0.2, 0.25) is 5.56 Å². The minimum absolute atomic E-state index is 0.130. The van der Waals surface area contributed by atoms with Gasteiger partial charge in [0.15, 0.2) is 17.2 Å². The van der Waals surface area contributed by atoms with Crippen molar-refractivity contribution in [3.8, 4) is 5.75 Å². The van der Waals surface area contributed by atoms with Crippen molar-refractivity contribution >= 4 is 22.2 Å². The Labute approximate surface area is 173 Å². The van der Waals surface area contributed by atoms with Gasteiger partial charge in [-0.1, -0.05) is 12.1 Å². The molecule has 0 aliphatic heterocycles. The number of benzene rings is 2. The summed E-state index contributed by atoms with van der Waals surface area (Å²) in [6, 6.07) is 7.38. The lowest BCUT2D eigenvalue weighted by atomic mass is 9.72. The molecule has 4 N–H and O–H groups in total. The molecular weight excluding hydrogens is 416 g/mol. The molecule has 1 aromatic heterocycles. The van der Waals surface area contributed by atoms with E-state index in [0.717, 1.165) is 12.1 Å². The Morgan fingerprint density at radius 1 is 1.23 bits per heavy atom. The lowest BCUT2D eigenvalue weighted by molar-refractivity contribution is -0.265. The molecular formula is C22H18F4N2O3. The summed E-state index contributed by atoms with van der Waals surface area (Å²) >= 11 is 0. The Balaban J connectivity index is 1.96. The highest BCUT2D eigenvalue weighted by Gasteiger charge is 2.61. The van der Waals surface area contributed by atoms with E-state index in [-0.39, 0.29) is 27.9 Å². The van der Waals surface area contributed by atoms with Crippen molar-refractivity contribution in [1.82, 2.24) is 4.98 Å². The molecule has 0 amide bonds. The van der Waals surface area contributed by atoms with Gasteiger partial charge >= 0.3 is 6.18 Å². The summed E-state index contributed by atoms with van der Waals surface area (Å²) in [6.07, 6.45) is -4.44. The molecule has 1 heterocycles. The number of fused-ring (bicyclic) bond motifs is 2. The Morgan fingerprint density at radius 2 is 1.97 bits per heavy atom. The fraction of sp³-hybridized carbons (Fsp3) is 0.227. The Kier molecular flexibility index (Phi) is 4.81. The number of phenolic OH excluding ortho intramolecular Hbond substituents is 1. The molecule has 0 spiro atoms. The van der Waals surface area contributed by atoms with Gasteiger partial charge in [0.25, 0.3) is 0 Å². The highest BCUT2D eigenvalue weighted by molar-refractivity contribution is 5.91. The number of allylic oxidation sites excluding steroid dienone is 1. The summed E-state index contributed by atoms with van der Waals surface area (Å²) in [7, 11) is 0. The predicted octanol–water partition coefficient (Wildman–Crippen LogP) is 4.63. The lowest BCUT2D eigenvalue weighted by Crippen LogP contribution is -2.54. The average molecular weight is 434 g/mol. The molecule has 5 nitrogen and oxygen atoms in total. The summed E-state index contributed by atoms with van der Waals surface area (Å²) in [4.78, 5) is 14.2. The van der Waals surface area contributed by atoms with E-state index in [4.69, 9.17) is 0 Å². The van der Waals surface area contributed by atoms with Crippen LogP contribution >= 0.6 is 0 Å². The van der Waals surface area contributed by atoms with Crippen LogP contribution in [-0.2, 0) is 0 Å². The number of hydrogen-bond acceptors (Lipinski definition) is 4. The van der Waals surface area contributed by atoms with E-state index in [0.29, 0.717) is 10.9 Å². The monoisotopic (exact) mass is 434 g/mol. The maximum Gasteiger partial charge on any atom is 0.419 e. The van der Waals surface area contributed by atoms with Gasteiger partial charge < -0.3 is 20.5 Å². The summed E-state index contributed by atoms with van der Waals surface area (Å²) in [5, 5.41) is 23.8. The van der Waals surface area contributed by atoms with Gasteiger partial charge in [0, 0.05) is 23.6 Å². The molecule has 0 unspecified atom stereocenters. The third-order valence-corrected chi connectivity index (χ3v) is 5.62. The Bertz CT molecular complexity index is 1270. The molecule has 0 saturated heterocycles. The number of aromatic amines is 1. The van der Waals surface area contributed by atoms with Gasteiger partial charge in [-0.15, -0.1) is 0 Å². The standard InChI is InChI=1S/C22H18F4N2O3/c1-2-11-10-21(31,22(24,25)26)20(14-8-15(23)18(29)9-13(11)14)28-17-5-3-4-16-12(17)6-7-19(30)27-16/h2-9,20,28-29,31H,10H2,1H3,(H,27,30)/b11-2+/t20-,21-/m1/s1. The largest absolute Gasteiger partial charge is 0.505 e. The van der Waals surface area contributed by atoms with Crippen LogP contribution in [0.15, 0.2) is 53.3 Å². The number of aromatic hydroxyl groups is 1. The number of alkyl halides is 3. The second-order valence-corrected chi connectivity index (χ2v) is 7.47. The average Bonchev–Trinajstić information content (AvgIpc) is 2.70. The number of pyridine rings is 1. The first-order valence-corrected chi connectivity index (χ1v) is 9.41. The minimum atomic E-state index is -5.05. The van der Waals surface area contributed by atoms with Crippen molar-refractivity contribution in [2.45, 2.75) is 31.2 Å². The number of H-pyrrole nitrogens is 1. The maximum absolute atomic E-state index is 14.2. The highest BCUT2D eigenvalue weighted by Crippen LogP contribution is 2.53. The van der Waals surface area contributed by atoms with Gasteiger partial charge in [-0.3, -0.25) is 4.79 Å². The van der Waals surface area contributed by atoms with Crippen LogP contribution in [0.2, 0.25) is 0 Å². The van der Waals surface area contributed by atoms with Gasteiger partial charge in [-0.2, -0.15) is 13.2 Å². The van der Waals surface area contributed by atoms with Gasteiger partial charge in [0.05, 0.1) is 11.6 Å². The molecule has 2 aromatic carbocycles. The van der Waals surface area contributed by atoms with E-state index >= 15 is 0 Å². The van der Waals surface area contributed by atoms with Gasteiger partial charge in [0.1, 0.15) is 0 Å². The molecule has 2 atom stereocenters.